The Morgan fingerprint density at radius 1 is 1.03 bits per heavy atom. The number of anilines is 2. The van der Waals surface area contributed by atoms with Crippen LogP contribution in [0.15, 0.2) is 71.6 Å². The lowest BCUT2D eigenvalue weighted by atomic mass is 10.1. The molecule has 0 saturated heterocycles. The van der Waals surface area contributed by atoms with E-state index in [9.17, 15) is 14.4 Å². The lowest BCUT2D eigenvalue weighted by Gasteiger charge is -2.25. The van der Waals surface area contributed by atoms with E-state index < -0.39 is 5.25 Å². The first-order chi connectivity index (χ1) is 14.5. The van der Waals surface area contributed by atoms with Gasteiger partial charge in [0, 0.05) is 29.4 Å². The minimum absolute atomic E-state index is 0.0306. The highest BCUT2D eigenvalue weighted by Crippen LogP contribution is 2.36. The van der Waals surface area contributed by atoms with Crippen molar-refractivity contribution in [2.24, 2.45) is 0 Å². The summed E-state index contributed by atoms with van der Waals surface area (Å²) in [5.74, 6) is -0.732. The molecule has 3 aromatic rings. The second-order valence-corrected chi connectivity index (χ2v) is 8.37. The van der Waals surface area contributed by atoms with Crippen molar-refractivity contribution in [3.05, 3.63) is 66.7 Å². The van der Waals surface area contributed by atoms with Gasteiger partial charge in [-0.05, 0) is 23.6 Å². The van der Waals surface area contributed by atoms with Gasteiger partial charge in [-0.25, -0.2) is 0 Å². The van der Waals surface area contributed by atoms with Crippen LogP contribution >= 0.6 is 11.8 Å². The van der Waals surface area contributed by atoms with Crippen molar-refractivity contribution in [1.29, 1.82) is 0 Å². The Morgan fingerprint density at radius 2 is 1.77 bits per heavy atom. The summed E-state index contributed by atoms with van der Waals surface area (Å²) in [6.45, 7) is -0.0857. The highest BCUT2D eigenvalue weighted by molar-refractivity contribution is 8.01. The Hall–Kier alpha value is -3.32. The Balaban J connectivity index is 1.36. The molecule has 6 nitrogen and oxygen atoms in total. The van der Waals surface area contributed by atoms with Gasteiger partial charge in [0.15, 0.2) is 0 Å². The van der Waals surface area contributed by atoms with Crippen LogP contribution < -0.4 is 10.6 Å². The van der Waals surface area contributed by atoms with Gasteiger partial charge < -0.3 is 15.5 Å². The van der Waals surface area contributed by atoms with E-state index in [1.165, 1.54) is 16.7 Å². The van der Waals surface area contributed by atoms with Crippen LogP contribution in [0, 0.1) is 0 Å². The summed E-state index contributed by atoms with van der Waals surface area (Å²) < 4.78 is 0. The molecule has 0 aromatic heterocycles. The summed E-state index contributed by atoms with van der Waals surface area (Å²) in [5.41, 5.74) is 1.47. The van der Waals surface area contributed by atoms with Crippen LogP contribution in [0.25, 0.3) is 10.8 Å². The molecule has 152 valence electrons. The van der Waals surface area contributed by atoms with Gasteiger partial charge in [-0.3, -0.25) is 14.4 Å². The number of amides is 3. The van der Waals surface area contributed by atoms with Gasteiger partial charge in [-0.15, -0.1) is 11.8 Å². The Kier molecular flexibility index (Phi) is 5.72. The van der Waals surface area contributed by atoms with Crippen LogP contribution in [0.2, 0.25) is 0 Å². The van der Waals surface area contributed by atoms with Gasteiger partial charge in [0.1, 0.15) is 0 Å². The third kappa shape index (κ3) is 4.31. The maximum absolute atomic E-state index is 12.6. The van der Waals surface area contributed by atoms with Gasteiger partial charge in [0.2, 0.25) is 17.7 Å². The van der Waals surface area contributed by atoms with Crippen molar-refractivity contribution in [1.82, 2.24) is 4.90 Å². The Labute approximate surface area is 178 Å². The smallest absolute Gasteiger partial charge is 0.243 e. The molecule has 1 heterocycles. The van der Waals surface area contributed by atoms with Crippen molar-refractivity contribution in [2.45, 2.75) is 16.6 Å². The minimum atomic E-state index is -0.518. The molecule has 2 N–H and O–H groups in total. The molecule has 0 spiro atoms. The minimum Gasteiger partial charge on any atom is -0.336 e. The number of thioether (sulfide) groups is 1. The molecule has 0 radical (unpaired) electrons. The van der Waals surface area contributed by atoms with Crippen LogP contribution in [0.4, 0.5) is 11.4 Å². The summed E-state index contributed by atoms with van der Waals surface area (Å²) in [6, 6.07) is 21.0. The third-order valence-corrected chi connectivity index (χ3v) is 6.21. The standard InChI is InChI=1S/C23H21N3O3S/c1-26(14-21(27)24-17-11-6-8-15-7-2-3-9-16(15)17)22(28)13-20-23(29)25-18-10-4-5-12-19(18)30-20/h2-12,20H,13-14H2,1H3,(H,24,27)(H,25,29). The molecule has 0 saturated carbocycles. The fourth-order valence-corrected chi connectivity index (χ4v) is 4.47. The Bertz CT molecular complexity index is 1130. The lowest BCUT2D eigenvalue weighted by molar-refractivity contribution is -0.134. The summed E-state index contributed by atoms with van der Waals surface area (Å²) in [6.07, 6.45) is 0.0306. The molecule has 1 atom stereocenters. The molecular weight excluding hydrogens is 398 g/mol. The molecule has 0 aliphatic carbocycles. The number of hydrogen-bond acceptors (Lipinski definition) is 4. The van der Waals surface area contributed by atoms with Gasteiger partial charge >= 0.3 is 0 Å². The molecule has 0 bridgehead atoms. The number of para-hydroxylation sites is 1. The molecule has 30 heavy (non-hydrogen) atoms. The highest BCUT2D eigenvalue weighted by atomic mass is 32.2. The fourth-order valence-electron chi connectivity index (χ4n) is 3.37. The van der Waals surface area contributed by atoms with Gasteiger partial charge in [0.05, 0.1) is 17.5 Å². The summed E-state index contributed by atoms with van der Waals surface area (Å²) in [5, 5.41) is 7.17. The monoisotopic (exact) mass is 419 g/mol. The average molecular weight is 420 g/mol. The van der Waals surface area contributed by atoms with Crippen molar-refractivity contribution >= 4 is 51.6 Å². The summed E-state index contributed by atoms with van der Waals surface area (Å²) in [4.78, 5) is 39.7. The normalized spacial score (nSPS) is 15.2. The SMILES string of the molecule is CN(CC(=O)Nc1cccc2ccccc12)C(=O)CC1Sc2ccccc2NC1=O. The number of likely N-dealkylation sites (N-methyl/N-ethyl adjacent to an activating group) is 1. The first-order valence-electron chi connectivity index (χ1n) is 9.59. The van der Waals surface area contributed by atoms with E-state index in [1.807, 2.05) is 66.7 Å². The van der Waals surface area contributed by atoms with E-state index in [1.54, 1.807) is 7.05 Å². The van der Waals surface area contributed by atoms with Crippen molar-refractivity contribution < 1.29 is 14.4 Å². The predicted molar refractivity (Wildman–Crippen MR) is 120 cm³/mol. The number of hydrogen-bond donors (Lipinski definition) is 2. The van der Waals surface area contributed by atoms with Gasteiger partial charge in [-0.2, -0.15) is 0 Å². The van der Waals surface area contributed by atoms with Crippen molar-refractivity contribution in [3.8, 4) is 0 Å². The quantitative estimate of drug-likeness (QED) is 0.660. The van der Waals surface area contributed by atoms with Crippen molar-refractivity contribution in [2.75, 3.05) is 24.2 Å². The number of rotatable bonds is 5. The van der Waals surface area contributed by atoms with Crippen molar-refractivity contribution in [3.63, 3.8) is 0 Å². The largest absolute Gasteiger partial charge is 0.336 e. The second-order valence-electron chi connectivity index (χ2n) is 7.12. The predicted octanol–water partition coefficient (Wildman–Crippen LogP) is 3.74. The van der Waals surface area contributed by atoms with E-state index in [4.69, 9.17) is 0 Å². The highest BCUT2D eigenvalue weighted by Gasteiger charge is 2.30. The molecule has 0 fully saturated rings. The maximum Gasteiger partial charge on any atom is 0.243 e. The van der Waals surface area contributed by atoms with Gasteiger partial charge in [0.25, 0.3) is 0 Å². The zero-order valence-electron chi connectivity index (χ0n) is 16.4. The van der Waals surface area contributed by atoms with Crippen LogP contribution in [0.5, 0.6) is 0 Å². The molecule has 4 rings (SSSR count). The van der Waals surface area contributed by atoms with E-state index >= 15 is 0 Å². The van der Waals surface area contributed by atoms with E-state index in [0.717, 1.165) is 21.4 Å². The lowest BCUT2D eigenvalue weighted by Crippen LogP contribution is -2.39. The molecule has 1 aliphatic heterocycles. The summed E-state index contributed by atoms with van der Waals surface area (Å²) >= 11 is 1.37. The number of nitrogens with one attached hydrogen (secondary N) is 2. The zero-order chi connectivity index (χ0) is 21.1. The number of carbonyl (C=O) groups is 3. The van der Waals surface area contributed by atoms with E-state index in [-0.39, 0.29) is 30.7 Å². The van der Waals surface area contributed by atoms with Gasteiger partial charge in [-0.1, -0.05) is 48.5 Å². The molecule has 1 aliphatic rings. The molecule has 3 aromatic carbocycles. The van der Waals surface area contributed by atoms with Crippen LogP contribution in [0.3, 0.4) is 0 Å². The molecule has 1 unspecified atom stereocenters. The number of benzene rings is 3. The molecule has 3 amide bonds. The average Bonchev–Trinajstić information content (AvgIpc) is 2.74. The summed E-state index contributed by atoms with van der Waals surface area (Å²) in [7, 11) is 1.57. The first-order valence-corrected chi connectivity index (χ1v) is 10.5. The third-order valence-electron chi connectivity index (χ3n) is 4.94. The fraction of sp³-hybridized carbons (Fsp3) is 0.174. The molecular formula is C23H21N3O3S. The number of carbonyl (C=O) groups excluding carboxylic acids is 3. The van der Waals surface area contributed by atoms with E-state index in [0.29, 0.717) is 5.69 Å². The van der Waals surface area contributed by atoms with Crippen LogP contribution in [-0.2, 0) is 14.4 Å². The first kappa shape index (κ1) is 20.0. The zero-order valence-corrected chi connectivity index (χ0v) is 17.2. The van der Waals surface area contributed by atoms with E-state index in [2.05, 4.69) is 10.6 Å². The number of fused-ring (bicyclic) bond motifs is 2. The van der Waals surface area contributed by atoms with Crippen LogP contribution in [0.1, 0.15) is 6.42 Å². The molecule has 7 heteroatoms. The topological polar surface area (TPSA) is 78.5 Å². The number of nitrogens with zero attached hydrogens (tertiary/aromatic N) is 1. The maximum atomic E-state index is 12.6. The Morgan fingerprint density at radius 3 is 2.63 bits per heavy atom. The van der Waals surface area contributed by atoms with Crippen LogP contribution in [-0.4, -0.2) is 41.5 Å². The second kappa shape index (κ2) is 8.59.